The third kappa shape index (κ3) is 5.45. The molecule has 0 spiro atoms. The van der Waals surface area contributed by atoms with E-state index in [2.05, 4.69) is 25.6 Å². The van der Waals surface area contributed by atoms with Crippen LogP contribution in [0.25, 0.3) is 5.69 Å². The van der Waals surface area contributed by atoms with Gasteiger partial charge in [-0.05, 0) is 41.5 Å². The van der Waals surface area contributed by atoms with Crippen LogP contribution in [0.5, 0.6) is 0 Å². The van der Waals surface area contributed by atoms with Crippen molar-refractivity contribution < 1.29 is 4.79 Å². The standard InChI is InChI=1S/C27H21ClN6OS/c28-21-12-14-22(15-13-21)34-23(18-36-27-29-16-7-17-30-27)25(32-33-34)26(35)31-24(19-8-3-1-4-9-19)20-10-5-2-6-11-20/h1-17,24H,18H2,(H,31,35). The highest BCUT2D eigenvalue weighted by atomic mass is 35.5. The number of hydrogen-bond acceptors (Lipinski definition) is 6. The predicted octanol–water partition coefficient (Wildman–Crippen LogP) is 5.52. The highest BCUT2D eigenvalue weighted by Gasteiger charge is 2.25. The maximum Gasteiger partial charge on any atom is 0.274 e. The fraction of sp³-hybridized carbons (Fsp3) is 0.0741. The molecule has 2 aromatic heterocycles. The Morgan fingerprint density at radius 3 is 2.08 bits per heavy atom. The van der Waals surface area contributed by atoms with Crippen LogP contribution in [-0.4, -0.2) is 30.9 Å². The number of hydrogen-bond donors (Lipinski definition) is 1. The van der Waals surface area contributed by atoms with E-state index in [9.17, 15) is 4.79 Å². The molecular formula is C27H21ClN6OS. The molecule has 5 rings (SSSR count). The number of amides is 1. The third-order valence-electron chi connectivity index (χ3n) is 5.47. The summed E-state index contributed by atoms with van der Waals surface area (Å²) in [7, 11) is 0. The second kappa shape index (κ2) is 11.2. The number of halogens is 1. The average Bonchev–Trinajstić information content (AvgIpc) is 3.36. The van der Waals surface area contributed by atoms with E-state index in [4.69, 9.17) is 11.6 Å². The van der Waals surface area contributed by atoms with Gasteiger partial charge in [0.2, 0.25) is 0 Å². The van der Waals surface area contributed by atoms with E-state index in [1.54, 1.807) is 35.3 Å². The first-order valence-corrected chi connectivity index (χ1v) is 12.6. The molecule has 0 aliphatic heterocycles. The van der Waals surface area contributed by atoms with Gasteiger partial charge in [0.05, 0.1) is 17.4 Å². The van der Waals surface area contributed by atoms with Crippen molar-refractivity contribution in [2.24, 2.45) is 0 Å². The summed E-state index contributed by atoms with van der Waals surface area (Å²) in [4.78, 5) is 22.2. The Bertz CT molecular complexity index is 1390. The number of nitrogens with zero attached hydrogens (tertiary/aromatic N) is 5. The van der Waals surface area contributed by atoms with Crippen LogP contribution in [0, 0.1) is 0 Å². The topological polar surface area (TPSA) is 85.6 Å². The zero-order valence-corrected chi connectivity index (χ0v) is 20.6. The summed E-state index contributed by atoms with van der Waals surface area (Å²) in [5.74, 6) is 0.0708. The Labute approximate surface area is 217 Å². The molecule has 1 N–H and O–H groups in total. The van der Waals surface area contributed by atoms with Crippen LogP contribution in [0.15, 0.2) is 109 Å². The average molecular weight is 513 g/mol. The summed E-state index contributed by atoms with van der Waals surface area (Å²) in [5, 5.41) is 13.0. The predicted molar refractivity (Wildman–Crippen MR) is 140 cm³/mol. The van der Waals surface area contributed by atoms with Crippen LogP contribution in [-0.2, 0) is 5.75 Å². The molecule has 3 aromatic carbocycles. The van der Waals surface area contributed by atoms with Crippen LogP contribution < -0.4 is 5.32 Å². The van der Waals surface area contributed by atoms with Crippen molar-refractivity contribution in [2.45, 2.75) is 17.0 Å². The minimum atomic E-state index is -0.349. The lowest BCUT2D eigenvalue weighted by molar-refractivity contribution is 0.0937. The fourth-order valence-electron chi connectivity index (χ4n) is 3.74. The Morgan fingerprint density at radius 1 is 0.861 bits per heavy atom. The van der Waals surface area contributed by atoms with Gasteiger partial charge in [-0.2, -0.15) is 0 Å². The van der Waals surface area contributed by atoms with Gasteiger partial charge in [0.1, 0.15) is 0 Å². The number of nitrogens with one attached hydrogen (secondary N) is 1. The number of benzene rings is 3. The van der Waals surface area contributed by atoms with Crippen LogP contribution in [0.2, 0.25) is 5.02 Å². The van der Waals surface area contributed by atoms with E-state index in [1.165, 1.54) is 11.8 Å². The van der Waals surface area contributed by atoms with Crippen molar-refractivity contribution in [1.82, 2.24) is 30.3 Å². The normalized spacial score (nSPS) is 10.9. The largest absolute Gasteiger partial charge is 0.340 e. The van der Waals surface area contributed by atoms with Gasteiger partial charge in [0.15, 0.2) is 10.9 Å². The molecule has 0 unspecified atom stereocenters. The molecule has 2 heterocycles. The van der Waals surface area contributed by atoms with Gasteiger partial charge in [-0.3, -0.25) is 4.79 Å². The second-order valence-corrected chi connectivity index (χ2v) is 9.20. The molecule has 5 aromatic rings. The minimum Gasteiger partial charge on any atom is -0.340 e. The highest BCUT2D eigenvalue weighted by molar-refractivity contribution is 7.98. The zero-order chi connectivity index (χ0) is 24.7. The van der Waals surface area contributed by atoms with Gasteiger partial charge in [0, 0.05) is 23.2 Å². The quantitative estimate of drug-likeness (QED) is 0.217. The van der Waals surface area contributed by atoms with Crippen LogP contribution >= 0.6 is 23.4 Å². The highest BCUT2D eigenvalue weighted by Crippen LogP contribution is 2.26. The molecule has 0 atom stereocenters. The first-order valence-electron chi connectivity index (χ1n) is 11.2. The van der Waals surface area contributed by atoms with E-state index in [-0.39, 0.29) is 17.6 Å². The molecule has 0 fully saturated rings. The van der Waals surface area contributed by atoms with Gasteiger partial charge in [0.25, 0.3) is 5.91 Å². The summed E-state index contributed by atoms with van der Waals surface area (Å²) < 4.78 is 1.65. The van der Waals surface area contributed by atoms with Gasteiger partial charge in [-0.1, -0.05) is 89.2 Å². The smallest absolute Gasteiger partial charge is 0.274 e. The SMILES string of the molecule is O=C(NC(c1ccccc1)c1ccccc1)c1nnn(-c2ccc(Cl)cc2)c1CSc1ncccn1. The molecule has 0 aliphatic rings. The Kier molecular flexibility index (Phi) is 7.35. The molecule has 0 radical (unpaired) electrons. The molecule has 36 heavy (non-hydrogen) atoms. The molecule has 0 saturated heterocycles. The van der Waals surface area contributed by atoms with Crippen molar-refractivity contribution in [2.75, 3.05) is 0 Å². The van der Waals surface area contributed by atoms with E-state index < -0.39 is 0 Å². The Hall–Kier alpha value is -4.01. The molecular weight excluding hydrogens is 492 g/mol. The van der Waals surface area contributed by atoms with Gasteiger partial charge >= 0.3 is 0 Å². The van der Waals surface area contributed by atoms with Crippen molar-refractivity contribution in [1.29, 1.82) is 0 Å². The summed E-state index contributed by atoms with van der Waals surface area (Å²) >= 11 is 7.48. The number of aromatic nitrogens is 5. The number of thioether (sulfide) groups is 1. The van der Waals surface area contributed by atoms with E-state index in [1.807, 2.05) is 72.8 Å². The maximum atomic E-state index is 13.6. The summed E-state index contributed by atoms with van der Waals surface area (Å²) in [6, 6.07) is 28.3. The monoisotopic (exact) mass is 512 g/mol. The summed E-state index contributed by atoms with van der Waals surface area (Å²) in [6.07, 6.45) is 3.37. The molecule has 1 amide bonds. The van der Waals surface area contributed by atoms with Crippen LogP contribution in [0.3, 0.4) is 0 Å². The second-order valence-electron chi connectivity index (χ2n) is 7.82. The first kappa shape index (κ1) is 23.7. The molecule has 9 heteroatoms. The van der Waals surface area contributed by atoms with E-state index in [0.717, 1.165) is 16.8 Å². The van der Waals surface area contributed by atoms with Gasteiger partial charge < -0.3 is 5.32 Å². The van der Waals surface area contributed by atoms with E-state index >= 15 is 0 Å². The lowest BCUT2D eigenvalue weighted by Gasteiger charge is -2.19. The first-order chi connectivity index (χ1) is 17.7. The van der Waals surface area contributed by atoms with Crippen molar-refractivity contribution in [3.05, 3.63) is 131 Å². The summed E-state index contributed by atoms with van der Waals surface area (Å²) in [5.41, 5.74) is 3.56. The Balaban J connectivity index is 1.49. The van der Waals surface area contributed by atoms with Crippen molar-refractivity contribution in [3.63, 3.8) is 0 Å². The fourth-order valence-corrected chi connectivity index (χ4v) is 4.66. The third-order valence-corrected chi connectivity index (χ3v) is 6.61. The Morgan fingerprint density at radius 2 is 1.47 bits per heavy atom. The van der Waals surface area contributed by atoms with Crippen LogP contribution in [0.4, 0.5) is 0 Å². The summed E-state index contributed by atoms with van der Waals surface area (Å²) in [6.45, 7) is 0. The maximum absolute atomic E-state index is 13.6. The molecule has 0 bridgehead atoms. The lowest BCUT2D eigenvalue weighted by atomic mass is 9.98. The molecule has 0 saturated carbocycles. The zero-order valence-electron chi connectivity index (χ0n) is 19.0. The van der Waals surface area contributed by atoms with Crippen molar-refractivity contribution in [3.8, 4) is 5.69 Å². The van der Waals surface area contributed by atoms with Gasteiger partial charge in [-0.15, -0.1) is 5.10 Å². The minimum absolute atomic E-state index is 0.241. The molecule has 178 valence electrons. The van der Waals surface area contributed by atoms with Crippen LogP contribution in [0.1, 0.15) is 33.4 Å². The number of carbonyl (C=O) groups excluding carboxylic acids is 1. The molecule has 7 nitrogen and oxygen atoms in total. The lowest BCUT2D eigenvalue weighted by Crippen LogP contribution is -2.30. The molecule has 0 aliphatic carbocycles. The number of rotatable bonds is 8. The van der Waals surface area contributed by atoms with Gasteiger partial charge in [-0.25, -0.2) is 14.6 Å². The van der Waals surface area contributed by atoms with Crippen molar-refractivity contribution >= 4 is 29.3 Å². The number of carbonyl (C=O) groups is 1. The van der Waals surface area contributed by atoms with E-state index in [0.29, 0.717) is 21.6 Å².